The van der Waals surface area contributed by atoms with E-state index in [2.05, 4.69) is 41.4 Å². The molecule has 2 amide bonds. The number of likely N-dealkylation sites (tertiary alicyclic amines) is 2. The van der Waals surface area contributed by atoms with Crippen LogP contribution in [0, 0.1) is 0 Å². The van der Waals surface area contributed by atoms with E-state index < -0.39 is 12.1 Å². The van der Waals surface area contributed by atoms with Crippen molar-refractivity contribution >= 4 is 40.0 Å². The zero-order chi connectivity index (χ0) is 39.6. The summed E-state index contributed by atoms with van der Waals surface area (Å²) < 4.78 is 0. The zero-order valence-corrected chi connectivity index (χ0v) is 33.3. The number of nitrogens with zero attached hydrogens (tertiary/aromatic N) is 6. The highest BCUT2D eigenvalue weighted by molar-refractivity contribution is 6.14. The Labute approximate surface area is 334 Å². The van der Waals surface area contributed by atoms with Gasteiger partial charge in [-0.3, -0.25) is 29.2 Å². The molecule has 2 saturated heterocycles. The normalized spacial score (nSPS) is 19.3. The van der Waals surface area contributed by atoms with Gasteiger partial charge in [0.25, 0.3) is 0 Å². The second kappa shape index (κ2) is 16.4. The minimum Gasteiger partial charge on any atom is -0.355 e. The van der Waals surface area contributed by atoms with Crippen LogP contribution < -0.4 is 0 Å². The highest BCUT2D eigenvalue weighted by atomic mass is 16.2. The summed E-state index contributed by atoms with van der Waals surface area (Å²) in [5.41, 5.74) is 7.82. The van der Waals surface area contributed by atoms with Gasteiger partial charge in [-0.05, 0) is 99.9 Å². The van der Waals surface area contributed by atoms with Gasteiger partial charge in [0.05, 0.1) is 24.3 Å². The number of carbonyl (C=O) groups is 3. The van der Waals surface area contributed by atoms with Crippen LogP contribution in [-0.4, -0.2) is 114 Å². The molecule has 57 heavy (non-hydrogen) atoms. The lowest BCUT2D eigenvalue weighted by Crippen LogP contribution is -2.46. The summed E-state index contributed by atoms with van der Waals surface area (Å²) in [5.74, 6) is 0.895. The summed E-state index contributed by atoms with van der Waals surface area (Å²) in [6.45, 7) is 1.79. The van der Waals surface area contributed by atoms with Gasteiger partial charge in [0, 0.05) is 36.1 Å². The number of fused-ring (bicyclic) bond motifs is 1. The molecule has 0 radical (unpaired) electrons. The smallest absolute Gasteiger partial charge is 0.245 e. The molecule has 0 aliphatic carbocycles. The highest BCUT2D eigenvalue weighted by Gasteiger charge is 2.39. The first kappa shape index (κ1) is 38.2. The van der Waals surface area contributed by atoms with E-state index in [-0.39, 0.29) is 36.1 Å². The number of Topliss-reactive ketones (excluding diaryl/α,β-unsaturated/α-hetero) is 1. The van der Waals surface area contributed by atoms with Crippen LogP contribution in [0.15, 0.2) is 119 Å². The van der Waals surface area contributed by atoms with Crippen LogP contribution in [0.3, 0.4) is 0 Å². The Morgan fingerprint density at radius 3 is 1.96 bits per heavy atom. The SMILES string of the molecule is CN(C)[C@@H](C(=O)N1CCC[C@H]1C(=O)Cc1ccc2[nH]c(-c3ccc(C4=NC([C@@H]5CCCN5C(=O)[C@@H](c5ccccc5)N(C)C)=NC4)cc3)cc2c1)c1ccccc1. The number of carbonyl (C=O) groups excluding carboxylic acids is 3. The average molecular weight is 762 g/mol. The Balaban J connectivity index is 0.925. The van der Waals surface area contributed by atoms with Gasteiger partial charge in [-0.1, -0.05) is 91.0 Å². The molecule has 10 heteroatoms. The minimum absolute atomic E-state index is 0.0171. The van der Waals surface area contributed by atoms with Crippen molar-refractivity contribution in [3.8, 4) is 11.3 Å². The number of aliphatic imine (C=N–C) groups is 2. The Bertz CT molecular complexity index is 2310. The molecule has 1 aromatic heterocycles. The van der Waals surface area contributed by atoms with Crippen molar-refractivity contribution < 1.29 is 14.4 Å². The third-order valence-electron chi connectivity index (χ3n) is 11.7. The maximum Gasteiger partial charge on any atom is 0.245 e. The molecule has 3 aliphatic rings. The number of amidine groups is 1. The molecule has 0 bridgehead atoms. The van der Waals surface area contributed by atoms with E-state index in [1.807, 2.05) is 116 Å². The molecule has 2 fully saturated rings. The van der Waals surface area contributed by atoms with Crippen molar-refractivity contribution in [1.29, 1.82) is 0 Å². The molecule has 10 nitrogen and oxygen atoms in total. The van der Waals surface area contributed by atoms with E-state index in [9.17, 15) is 14.4 Å². The van der Waals surface area contributed by atoms with Gasteiger partial charge in [-0.15, -0.1) is 0 Å². The van der Waals surface area contributed by atoms with E-state index in [0.29, 0.717) is 26.1 Å². The fourth-order valence-electron chi connectivity index (χ4n) is 8.88. The van der Waals surface area contributed by atoms with Gasteiger partial charge < -0.3 is 14.8 Å². The number of benzene rings is 4. The Morgan fingerprint density at radius 2 is 1.32 bits per heavy atom. The third-order valence-corrected chi connectivity index (χ3v) is 11.7. The van der Waals surface area contributed by atoms with Crippen LogP contribution in [0.1, 0.15) is 60.0 Å². The largest absolute Gasteiger partial charge is 0.355 e. The summed E-state index contributed by atoms with van der Waals surface area (Å²) in [4.78, 5) is 62.6. The van der Waals surface area contributed by atoms with Crippen LogP contribution in [0.2, 0.25) is 0 Å². The van der Waals surface area contributed by atoms with Crippen LogP contribution in [-0.2, 0) is 20.8 Å². The van der Waals surface area contributed by atoms with E-state index in [0.717, 1.165) is 75.2 Å². The lowest BCUT2D eigenvalue weighted by Gasteiger charge is -2.31. The van der Waals surface area contributed by atoms with Crippen molar-refractivity contribution in [3.05, 3.63) is 131 Å². The molecule has 8 rings (SSSR count). The lowest BCUT2D eigenvalue weighted by atomic mass is 9.99. The minimum atomic E-state index is -0.429. The number of aromatic amines is 1. The number of ketones is 1. The summed E-state index contributed by atoms with van der Waals surface area (Å²) in [5, 5.41) is 1.04. The Kier molecular flexibility index (Phi) is 11.0. The van der Waals surface area contributed by atoms with Crippen molar-refractivity contribution in [2.45, 2.75) is 56.3 Å². The first-order valence-corrected chi connectivity index (χ1v) is 20.1. The van der Waals surface area contributed by atoms with E-state index in [4.69, 9.17) is 9.98 Å². The fourth-order valence-corrected chi connectivity index (χ4v) is 8.88. The lowest BCUT2D eigenvalue weighted by molar-refractivity contribution is -0.141. The molecule has 4 aromatic carbocycles. The first-order valence-electron chi connectivity index (χ1n) is 20.1. The second-order valence-corrected chi connectivity index (χ2v) is 16.0. The fraction of sp³-hybridized carbons (Fsp3) is 0.340. The van der Waals surface area contributed by atoms with E-state index in [1.165, 1.54) is 0 Å². The maximum absolute atomic E-state index is 13.9. The van der Waals surface area contributed by atoms with Gasteiger partial charge in [0.15, 0.2) is 5.78 Å². The Hall–Kier alpha value is -5.71. The van der Waals surface area contributed by atoms with Gasteiger partial charge in [-0.25, -0.2) is 4.99 Å². The van der Waals surface area contributed by atoms with Crippen LogP contribution >= 0.6 is 0 Å². The summed E-state index contributed by atoms with van der Waals surface area (Å²) in [7, 11) is 7.73. The maximum atomic E-state index is 13.9. The van der Waals surface area contributed by atoms with Crippen molar-refractivity contribution in [1.82, 2.24) is 24.6 Å². The van der Waals surface area contributed by atoms with Crippen LogP contribution in [0.5, 0.6) is 0 Å². The summed E-state index contributed by atoms with van der Waals surface area (Å²) in [6.07, 6.45) is 3.58. The number of hydrogen-bond acceptors (Lipinski definition) is 7. The molecule has 4 heterocycles. The predicted molar refractivity (Wildman–Crippen MR) is 226 cm³/mol. The molecular weight excluding hydrogens is 711 g/mol. The van der Waals surface area contributed by atoms with E-state index in [1.54, 1.807) is 4.90 Å². The zero-order valence-electron chi connectivity index (χ0n) is 33.3. The first-order chi connectivity index (χ1) is 27.7. The van der Waals surface area contributed by atoms with Gasteiger partial charge in [-0.2, -0.15) is 0 Å². The summed E-state index contributed by atoms with van der Waals surface area (Å²) in [6, 6.07) is 35.1. The molecular formula is C47H51N7O3. The predicted octanol–water partition coefficient (Wildman–Crippen LogP) is 6.74. The summed E-state index contributed by atoms with van der Waals surface area (Å²) >= 11 is 0. The molecule has 292 valence electrons. The number of aromatic nitrogens is 1. The number of nitrogens with one attached hydrogen (secondary N) is 1. The molecule has 0 saturated carbocycles. The monoisotopic (exact) mass is 761 g/mol. The number of amides is 2. The standard InChI is InChI=1S/C47H51N7O3/c1-51(2)43(34-13-7-5-8-14-34)46(56)53-25-11-17-40(53)42(55)28-31-19-24-37-36(27-31)29-38(49-37)32-20-22-33(23-21-32)39-30-48-45(50-39)41-18-12-26-54(41)47(57)44(52(3)4)35-15-9-6-10-16-35/h5-10,13-16,19-24,27,29,40-41,43-44,49H,11-12,17-18,25-26,28,30H2,1-4H3/t40-,41-,43+,44+/m0/s1. The quantitative estimate of drug-likeness (QED) is 0.152. The molecule has 3 aliphatic heterocycles. The molecule has 4 atom stereocenters. The second-order valence-electron chi connectivity index (χ2n) is 16.0. The molecule has 0 unspecified atom stereocenters. The number of likely N-dealkylation sites (N-methyl/N-ethyl adjacent to an activating group) is 2. The topological polar surface area (TPSA) is 105 Å². The number of H-pyrrole nitrogens is 1. The Morgan fingerprint density at radius 1 is 0.719 bits per heavy atom. The number of rotatable bonds is 12. The van der Waals surface area contributed by atoms with Crippen molar-refractivity contribution in [3.63, 3.8) is 0 Å². The molecule has 5 aromatic rings. The van der Waals surface area contributed by atoms with Crippen LogP contribution in [0.4, 0.5) is 0 Å². The highest BCUT2D eigenvalue weighted by Crippen LogP contribution is 2.31. The third kappa shape index (κ3) is 7.84. The average Bonchev–Trinajstić information content (AvgIpc) is 4.05. The molecule has 1 N–H and O–H groups in total. The van der Waals surface area contributed by atoms with Crippen molar-refractivity contribution in [2.75, 3.05) is 47.8 Å². The number of hydrogen-bond donors (Lipinski definition) is 1. The van der Waals surface area contributed by atoms with Gasteiger partial charge in [0.1, 0.15) is 17.9 Å². The van der Waals surface area contributed by atoms with E-state index >= 15 is 0 Å². The van der Waals surface area contributed by atoms with Gasteiger partial charge >= 0.3 is 0 Å². The van der Waals surface area contributed by atoms with Crippen LogP contribution in [0.25, 0.3) is 22.2 Å². The van der Waals surface area contributed by atoms with Gasteiger partial charge in [0.2, 0.25) is 11.8 Å². The molecule has 0 spiro atoms. The van der Waals surface area contributed by atoms with Crippen molar-refractivity contribution in [2.24, 2.45) is 9.98 Å².